The Bertz CT molecular complexity index is 905. The average Bonchev–Trinajstić information content (AvgIpc) is 2.68. The van der Waals surface area contributed by atoms with Crippen LogP contribution in [-0.2, 0) is 23.4 Å². The molecule has 0 aliphatic heterocycles. The van der Waals surface area contributed by atoms with Crippen LogP contribution >= 0.6 is 12.6 Å². The number of carbonyl (C=O) groups is 1. The molecule has 0 bridgehead atoms. The molecule has 0 radical (unpaired) electrons. The molecule has 0 amide bonds. The van der Waals surface area contributed by atoms with Gasteiger partial charge in [0.25, 0.3) is 0 Å². The minimum absolute atomic E-state index is 0.375. The van der Waals surface area contributed by atoms with Crippen LogP contribution in [0.15, 0.2) is 30.3 Å². The van der Waals surface area contributed by atoms with Gasteiger partial charge in [-0.15, -0.1) is 0 Å². The van der Waals surface area contributed by atoms with Crippen LogP contribution in [0.5, 0.6) is 0 Å². The first-order valence-corrected chi connectivity index (χ1v) is 11.6. The fraction of sp³-hybridized carbons (Fsp3) is 0.560. The van der Waals surface area contributed by atoms with E-state index in [2.05, 4.69) is 43.0 Å². The highest BCUT2D eigenvalue weighted by atomic mass is 32.1. The first kappa shape index (κ1) is 18.5. The Balaban J connectivity index is 1.37. The van der Waals surface area contributed by atoms with Gasteiger partial charge in [0.1, 0.15) is 0 Å². The molecule has 0 aromatic heterocycles. The van der Waals surface area contributed by atoms with Crippen LogP contribution in [0.25, 0.3) is 10.8 Å². The predicted octanol–water partition coefficient (Wildman–Crippen LogP) is 5.90. The summed E-state index contributed by atoms with van der Waals surface area (Å²) < 4.78 is 0. The van der Waals surface area contributed by atoms with E-state index in [0.29, 0.717) is 12.3 Å². The van der Waals surface area contributed by atoms with E-state index in [-0.39, 0.29) is 0 Å². The lowest BCUT2D eigenvalue weighted by molar-refractivity contribution is -0.138. The van der Waals surface area contributed by atoms with Crippen molar-refractivity contribution >= 4 is 29.4 Å². The van der Waals surface area contributed by atoms with E-state index < -0.39 is 5.97 Å². The molecule has 0 spiro atoms. The van der Waals surface area contributed by atoms with Gasteiger partial charge < -0.3 is 5.11 Å². The largest absolute Gasteiger partial charge is 0.481 e. The van der Waals surface area contributed by atoms with E-state index in [0.717, 1.165) is 42.3 Å². The standard InChI is InChI=1S/C25H30O2S/c26-25(27)7-15-1-3-17-8-21-12-22-9-18-4-2-16(14-28)6-20(18)11-24(22)13-23(21)10-19(17)5-15/h2,4,6,9,11,15,17,19,21,23,28H,1,3,5,7-8,10,12-14H2,(H,26,27). The van der Waals surface area contributed by atoms with Crippen molar-refractivity contribution in [2.45, 2.75) is 57.1 Å². The van der Waals surface area contributed by atoms with Crippen LogP contribution in [-0.4, -0.2) is 11.1 Å². The van der Waals surface area contributed by atoms with Crippen molar-refractivity contribution in [3.8, 4) is 0 Å². The number of thiol groups is 1. The molecule has 3 aliphatic carbocycles. The van der Waals surface area contributed by atoms with Crippen molar-refractivity contribution in [2.75, 3.05) is 0 Å². The zero-order chi connectivity index (χ0) is 19.3. The third-order valence-electron chi connectivity index (χ3n) is 7.96. The molecule has 148 valence electrons. The van der Waals surface area contributed by atoms with Gasteiger partial charge in [0.15, 0.2) is 0 Å². The Labute approximate surface area is 173 Å². The molecule has 3 aliphatic rings. The van der Waals surface area contributed by atoms with Gasteiger partial charge in [-0.05, 0) is 102 Å². The lowest BCUT2D eigenvalue weighted by Crippen LogP contribution is -2.39. The predicted molar refractivity (Wildman–Crippen MR) is 117 cm³/mol. The lowest BCUT2D eigenvalue weighted by atomic mass is 9.57. The van der Waals surface area contributed by atoms with Gasteiger partial charge in [-0.25, -0.2) is 0 Å². The number of hydrogen-bond acceptors (Lipinski definition) is 2. The van der Waals surface area contributed by atoms with E-state index in [1.54, 1.807) is 11.1 Å². The number of hydrogen-bond donors (Lipinski definition) is 2. The molecule has 0 saturated heterocycles. The van der Waals surface area contributed by atoms with Crippen LogP contribution < -0.4 is 0 Å². The molecule has 5 atom stereocenters. The molecule has 1 N–H and O–H groups in total. The molecule has 2 nitrogen and oxygen atoms in total. The van der Waals surface area contributed by atoms with Crippen molar-refractivity contribution in [1.29, 1.82) is 0 Å². The Hall–Kier alpha value is -1.48. The number of carboxylic acid groups (broad SMARTS) is 1. The number of rotatable bonds is 3. The summed E-state index contributed by atoms with van der Waals surface area (Å²) in [4.78, 5) is 11.1. The zero-order valence-electron chi connectivity index (χ0n) is 16.4. The summed E-state index contributed by atoms with van der Waals surface area (Å²) >= 11 is 4.43. The van der Waals surface area contributed by atoms with Gasteiger partial charge in [0, 0.05) is 12.2 Å². The molecule has 2 fully saturated rings. The summed E-state index contributed by atoms with van der Waals surface area (Å²) in [6, 6.07) is 11.6. The van der Waals surface area contributed by atoms with Crippen molar-refractivity contribution < 1.29 is 9.90 Å². The van der Waals surface area contributed by atoms with Crippen LogP contribution in [0.3, 0.4) is 0 Å². The topological polar surface area (TPSA) is 37.3 Å². The molecule has 2 aromatic rings. The highest BCUT2D eigenvalue weighted by Crippen LogP contribution is 2.51. The number of carboxylic acids is 1. The summed E-state index contributed by atoms with van der Waals surface area (Å²) in [5.74, 6) is 3.81. The SMILES string of the molecule is O=C(O)CC1CCC2CC3Cc4cc5ccc(CS)cc5cc4CC3CC2C1. The number of fused-ring (bicyclic) bond motifs is 4. The van der Waals surface area contributed by atoms with E-state index in [4.69, 9.17) is 0 Å². The average molecular weight is 395 g/mol. The Morgan fingerprint density at radius 2 is 1.61 bits per heavy atom. The zero-order valence-corrected chi connectivity index (χ0v) is 17.3. The van der Waals surface area contributed by atoms with E-state index >= 15 is 0 Å². The van der Waals surface area contributed by atoms with Crippen molar-refractivity contribution in [1.82, 2.24) is 0 Å². The number of benzene rings is 2. The monoisotopic (exact) mass is 394 g/mol. The molecule has 2 aromatic carbocycles. The van der Waals surface area contributed by atoms with E-state index in [1.165, 1.54) is 48.4 Å². The highest BCUT2D eigenvalue weighted by Gasteiger charge is 2.42. The molecule has 28 heavy (non-hydrogen) atoms. The second-order valence-corrected chi connectivity index (χ2v) is 9.97. The number of aliphatic carboxylic acids is 1. The van der Waals surface area contributed by atoms with Gasteiger partial charge >= 0.3 is 5.97 Å². The summed E-state index contributed by atoms with van der Waals surface area (Å²) in [5, 5.41) is 11.9. The van der Waals surface area contributed by atoms with Gasteiger partial charge in [-0.3, -0.25) is 4.79 Å². The smallest absolute Gasteiger partial charge is 0.303 e. The van der Waals surface area contributed by atoms with Crippen molar-refractivity contribution in [3.05, 3.63) is 47.0 Å². The van der Waals surface area contributed by atoms with Crippen molar-refractivity contribution in [3.63, 3.8) is 0 Å². The molecule has 3 heteroatoms. The normalized spacial score (nSPS) is 31.7. The second-order valence-electron chi connectivity index (χ2n) is 9.66. The minimum Gasteiger partial charge on any atom is -0.481 e. The van der Waals surface area contributed by atoms with Gasteiger partial charge in [0.2, 0.25) is 0 Å². The van der Waals surface area contributed by atoms with Crippen LogP contribution in [0.1, 0.15) is 55.2 Å². The van der Waals surface area contributed by atoms with Crippen LogP contribution in [0.4, 0.5) is 0 Å². The molecule has 5 rings (SSSR count). The summed E-state index contributed by atoms with van der Waals surface area (Å²) in [6.45, 7) is 0. The highest BCUT2D eigenvalue weighted by molar-refractivity contribution is 7.79. The van der Waals surface area contributed by atoms with Crippen LogP contribution in [0.2, 0.25) is 0 Å². The lowest BCUT2D eigenvalue weighted by Gasteiger charge is -2.48. The van der Waals surface area contributed by atoms with E-state index in [9.17, 15) is 9.90 Å². The molecular weight excluding hydrogens is 364 g/mol. The Kier molecular flexibility index (Phi) is 4.90. The van der Waals surface area contributed by atoms with Crippen LogP contribution in [0, 0.1) is 29.6 Å². The van der Waals surface area contributed by atoms with Gasteiger partial charge in [-0.2, -0.15) is 12.6 Å². The Morgan fingerprint density at radius 3 is 2.32 bits per heavy atom. The molecule has 0 heterocycles. The van der Waals surface area contributed by atoms with Gasteiger partial charge in [0.05, 0.1) is 0 Å². The fourth-order valence-corrected chi connectivity index (χ4v) is 6.80. The third-order valence-corrected chi connectivity index (χ3v) is 8.32. The quantitative estimate of drug-likeness (QED) is 0.636. The van der Waals surface area contributed by atoms with Gasteiger partial charge in [-0.1, -0.05) is 30.3 Å². The third kappa shape index (κ3) is 3.47. The van der Waals surface area contributed by atoms with E-state index in [1.807, 2.05) is 0 Å². The second kappa shape index (κ2) is 7.40. The molecular formula is C25H30O2S. The molecule has 5 unspecified atom stereocenters. The first-order valence-electron chi connectivity index (χ1n) is 11.0. The summed E-state index contributed by atoms with van der Waals surface area (Å²) in [5.41, 5.74) is 4.42. The molecule has 2 saturated carbocycles. The summed E-state index contributed by atoms with van der Waals surface area (Å²) in [6.07, 6.45) is 9.04. The van der Waals surface area contributed by atoms with Crippen molar-refractivity contribution in [2.24, 2.45) is 29.6 Å². The summed E-state index contributed by atoms with van der Waals surface area (Å²) in [7, 11) is 0. The maximum absolute atomic E-state index is 11.1. The Morgan fingerprint density at radius 1 is 0.893 bits per heavy atom. The fourth-order valence-electron chi connectivity index (χ4n) is 6.60. The minimum atomic E-state index is -0.615. The first-order chi connectivity index (χ1) is 13.6. The maximum Gasteiger partial charge on any atom is 0.303 e. The maximum atomic E-state index is 11.1.